The predicted molar refractivity (Wildman–Crippen MR) is 148 cm³/mol. The summed E-state index contributed by atoms with van der Waals surface area (Å²) < 4.78 is 0. The van der Waals surface area contributed by atoms with Gasteiger partial charge in [-0.05, 0) is 75.0 Å². The molecule has 8 heteroatoms. The van der Waals surface area contributed by atoms with E-state index in [4.69, 9.17) is 5.73 Å². The second-order valence-corrected chi connectivity index (χ2v) is 10.9. The van der Waals surface area contributed by atoms with Crippen LogP contribution >= 0.6 is 0 Å². The van der Waals surface area contributed by atoms with Crippen molar-refractivity contribution in [3.8, 4) is 0 Å². The van der Waals surface area contributed by atoms with E-state index in [0.717, 1.165) is 44.3 Å². The Morgan fingerprint density at radius 1 is 1.05 bits per heavy atom. The van der Waals surface area contributed by atoms with Gasteiger partial charge in [-0.1, -0.05) is 54.6 Å². The van der Waals surface area contributed by atoms with Gasteiger partial charge in [-0.2, -0.15) is 5.10 Å². The zero-order valence-corrected chi connectivity index (χ0v) is 22.5. The van der Waals surface area contributed by atoms with Crippen molar-refractivity contribution in [3.05, 3.63) is 83.4 Å². The Morgan fingerprint density at radius 2 is 1.76 bits per heavy atom. The van der Waals surface area contributed by atoms with Crippen molar-refractivity contribution in [3.63, 3.8) is 0 Å². The molecular formula is C30H40N6O2. The fourth-order valence-electron chi connectivity index (χ4n) is 5.15. The number of hydrogen-bond acceptors (Lipinski definition) is 5. The number of rotatable bonds is 11. The van der Waals surface area contributed by atoms with Crippen molar-refractivity contribution in [1.82, 2.24) is 25.4 Å². The average molecular weight is 517 g/mol. The van der Waals surface area contributed by atoms with Gasteiger partial charge in [-0.3, -0.25) is 14.7 Å². The van der Waals surface area contributed by atoms with Crippen molar-refractivity contribution in [2.75, 3.05) is 13.1 Å². The molecule has 0 unspecified atom stereocenters. The van der Waals surface area contributed by atoms with Crippen LogP contribution in [0.3, 0.4) is 0 Å². The third kappa shape index (κ3) is 7.51. The van der Waals surface area contributed by atoms with E-state index >= 15 is 0 Å². The van der Waals surface area contributed by atoms with Crippen molar-refractivity contribution in [1.29, 1.82) is 0 Å². The molecule has 1 aliphatic rings. The third-order valence-corrected chi connectivity index (χ3v) is 7.39. The maximum atomic E-state index is 13.6. The molecule has 1 aliphatic heterocycles. The van der Waals surface area contributed by atoms with Crippen LogP contribution in [0.2, 0.25) is 0 Å². The molecule has 2 amide bonds. The summed E-state index contributed by atoms with van der Waals surface area (Å²) in [6.45, 7) is 4.69. The minimum absolute atomic E-state index is 0.00674. The molecule has 1 fully saturated rings. The van der Waals surface area contributed by atoms with Gasteiger partial charge in [0.25, 0.3) is 0 Å². The molecule has 0 aliphatic carbocycles. The maximum absolute atomic E-state index is 13.6. The molecule has 4 N–H and O–H groups in total. The van der Waals surface area contributed by atoms with Crippen LogP contribution in [-0.4, -0.2) is 56.6 Å². The number of H-pyrrole nitrogens is 1. The van der Waals surface area contributed by atoms with E-state index in [-0.39, 0.29) is 11.8 Å². The number of carbonyl (C=O) groups excluding carboxylic acids is 2. The van der Waals surface area contributed by atoms with Gasteiger partial charge in [0.1, 0.15) is 18.2 Å². The van der Waals surface area contributed by atoms with Crippen LogP contribution in [0.15, 0.2) is 60.9 Å². The van der Waals surface area contributed by atoms with E-state index in [1.165, 1.54) is 16.7 Å². The van der Waals surface area contributed by atoms with E-state index in [1.54, 1.807) is 20.2 Å². The molecule has 0 saturated carbocycles. The number of aromatic nitrogens is 3. The lowest BCUT2D eigenvalue weighted by molar-refractivity contribution is -0.138. The van der Waals surface area contributed by atoms with E-state index in [2.05, 4.69) is 56.9 Å². The van der Waals surface area contributed by atoms with E-state index in [1.807, 2.05) is 23.1 Å². The standard InChI is InChI=1S/C30H40N6O2/c1-30(2,31)29(38)34-26(14-8-11-22-9-4-3-5-10-22)28(37)36-19-17-24(18-20-36)25-13-7-6-12-23(25)15-16-27-32-21-33-35-27/h3-7,9-10,12-13,21,24,26H,8,11,14-20,31H2,1-2H3,(H,34,38)(H,32,33,35)/t26-/m1/s1. The summed E-state index contributed by atoms with van der Waals surface area (Å²) in [5.41, 5.74) is 8.90. The van der Waals surface area contributed by atoms with Gasteiger partial charge >= 0.3 is 0 Å². The van der Waals surface area contributed by atoms with Gasteiger partial charge in [0, 0.05) is 19.5 Å². The zero-order chi connectivity index (χ0) is 27.0. The predicted octanol–water partition coefficient (Wildman–Crippen LogP) is 3.54. The quantitative estimate of drug-likeness (QED) is 0.360. The molecule has 0 radical (unpaired) electrons. The zero-order valence-electron chi connectivity index (χ0n) is 22.5. The van der Waals surface area contributed by atoms with Crippen LogP contribution in [0, 0.1) is 0 Å². The minimum Gasteiger partial charge on any atom is -0.343 e. The first-order valence-electron chi connectivity index (χ1n) is 13.7. The number of benzene rings is 2. The van der Waals surface area contributed by atoms with E-state index in [0.29, 0.717) is 25.4 Å². The minimum atomic E-state index is -1.04. The molecule has 38 heavy (non-hydrogen) atoms. The van der Waals surface area contributed by atoms with E-state index in [9.17, 15) is 9.59 Å². The number of nitrogens with zero attached hydrogens (tertiary/aromatic N) is 3. The van der Waals surface area contributed by atoms with Crippen molar-refractivity contribution >= 4 is 11.8 Å². The van der Waals surface area contributed by atoms with Gasteiger partial charge in [0.15, 0.2) is 0 Å². The van der Waals surface area contributed by atoms with Gasteiger partial charge in [0.2, 0.25) is 11.8 Å². The second kappa shape index (κ2) is 12.8. The summed E-state index contributed by atoms with van der Waals surface area (Å²) in [6, 6.07) is 18.2. The summed E-state index contributed by atoms with van der Waals surface area (Å²) in [6.07, 6.45) is 7.31. The summed E-state index contributed by atoms with van der Waals surface area (Å²) >= 11 is 0. The van der Waals surface area contributed by atoms with Crippen LogP contribution in [0.4, 0.5) is 0 Å². The molecule has 1 aromatic heterocycles. The van der Waals surface area contributed by atoms with Crippen LogP contribution < -0.4 is 11.1 Å². The number of likely N-dealkylation sites (tertiary alicyclic amines) is 1. The molecular weight excluding hydrogens is 476 g/mol. The van der Waals surface area contributed by atoms with Crippen LogP contribution in [0.25, 0.3) is 0 Å². The van der Waals surface area contributed by atoms with Gasteiger partial charge in [-0.15, -0.1) is 0 Å². The largest absolute Gasteiger partial charge is 0.343 e. The average Bonchev–Trinajstić information content (AvgIpc) is 3.45. The van der Waals surface area contributed by atoms with E-state index < -0.39 is 11.6 Å². The summed E-state index contributed by atoms with van der Waals surface area (Å²) in [7, 11) is 0. The van der Waals surface area contributed by atoms with Gasteiger partial charge < -0.3 is 16.0 Å². The fraction of sp³-hybridized carbons (Fsp3) is 0.467. The number of hydrogen-bond donors (Lipinski definition) is 3. The Morgan fingerprint density at radius 3 is 2.45 bits per heavy atom. The van der Waals surface area contributed by atoms with Gasteiger partial charge in [0.05, 0.1) is 5.54 Å². The molecule has 2 heterocycles. The van der Waals surface area contributed by atoms with Gasteiger partial charge in [-0.25, -0.2) is 4.98 Å². The Bertz CT molecular complexity index is 1160. The summed E-state index contributed by atoms with van der Waals surface area (Å²) in [5.74, 6) is 0.985. The Kier molecular flexibility index (Phi) is 9.29. The normalized spacial score (nSPS) is 15.3. The Hall–Kier alpha value is -3.52. The highest BCUT2D eigenvalue weighted by Gasteiger charge is 2.32. The highest BCUT2D eigenvalue weighted by molar-refractivity contribution is 5.91. The number of aromatic amines is 1. The first-order chi connectivity index (χ1) is 18.3. The number of amides is 2. The molecule has 2 aromatic carbocycles. The number of nitrogens with two attached hydrogens (primary N) is 1. The number of piperidine rings is 1. The second-order valence-electron chi connectivity index (χ2n) is 10.9. The van der Waals surface area contributed by atoms with Crippen molar-refractivity contribution in [2.24, 2.45) is 5.73 Å². The lowest BCUT2D eigenvalue weighted by atomic mass is 9.85. The van der Waals surface area contributed by atoms with Crippen LogP contribution in [0.1, 0.15) is 68.0 Å². The number of aryl methyl sites for hydroxylation is 3. The van der Waals surface area contributed by atoms with Crippen molar-refractivity contribution < 1.29 is 9.59 Å². The summed E-state index contributed by atoms with van der Waals surface area (Å²) in [5, 5.41) is 9.84. The molecule has 3 aromatic rings. The van der Waals surface area contributed by atoms with Crippen LogP contribution in [0.5, 0.6) is 0 Å². The lowest BCUT2D eigenvalue weighted by Crippen LogP contribution is -2.57. The van der Waals surface area contributed by atoms with Crippen molar-refractivity contribution in [2.45, 2.75) is 76.3 Å². The molecule has 0 bridgehead atoms. The number of nitrogens with one attached hydrogen (secondary N) is 2. The molecule has 202 valence electrons. The smallest absolute Gasteiger partial charge is 0.245 e. The first kappa shape index (κ1) is 27.5. The maximum Gasteiger partial charge on any atom is 0.245 e. The Balaban J connectivity index is 1.36. The molecule has 1 atom stereocenters. The highest BCUT2D eigenvalue weighted by Crippen LogP contribution is 2.31. The topological polar surface area (TPSA) is 117 Å². The third-order valence-electron chi connectivity index (χ3n) is 7.39. The summed E-state index contributed by atoms with van der Waals surface area (Å²) in [4.78, 5) is 32.5. The highest BCUT2D eigenvalue weighted by atomic mass is 16.2. The SMILES string of the molecule is CC(C)(N)C(=O)N[C@H](CCCc1ccccc1)C(=O)N1CCC(c2ccccc2CCc2ncn[nH]2)CC1. The molecule has 8 nitrogen and oxygen atoms in total. The Labute approximate surface area is 225 Å². The molecule has 1 saturated heterocycles. The van der Waals surface area contributed by atoms with Crippen LogP contribution in [-0.2, 0) is 28.9 Å². The number of carbonyl (C=O) groups is 2. The fourth-order valence-corrected chi connectivity index (χ4v) is 5.15. The monoisotopic (exact) mass is 516 g/mol. The first-order valence-corrected chi connectivity index (χ1v) is 13.7. The molecule has 4 rings (SSSR count). The molecule has 0 spiro atoms. The lowest BCUT2D eigenvalue weighted by Gasteiger charge is -2.36.